The van der Waals surface area contributed by atoms with Crippen molar-refractivity contribution in [3.63, 3.8) is 0 Å². The van der Waals surface area contributed by atoms with Crippen LogP contribution in [-0.4, -0.2) is 54.0 Å². The molecule has 1 saturated heterocycles. The van der Waals surface area contributed by atoms with E-state index in [1.807, 2.05) is 11.6 Å². The summed E-state index contributed by atoms with van der Waals surface area (Å²) in [5.74, 6) is -0.522. The lowest BCUT2D eigenvalue weighted by molar-refractivity contribution is -0.136. The fraction of sp³-hybridized carbons (Fsp3) is 0.286. The zero-order valence-electron chi connectivity index (χ0n) is 18.0. The lowest BCUT2D eigenvalue weighted by Gasteiger charge is -2.30. The Bertz CT molecular complexity index is 1230. The van der Waals surface area contributed by atoms with Crippen LogP contribution in [0.4, 0.5) is 16.2 Å². The number of carbonyl (C=O) groups excluding carboxylic acids is 3. The molecule has 4 rings (SSSR count). The molecule has 2 aliphatic heterocycles. The minimum atomic E-state index is -4.52. The highest BCUT2D eigenvalue weighted by atomic mass is 32.2. The Morgan fingerprint density at radius 3 is 2.68 bits per heavy atom. The summed E-state index contributed by atoms with van der Waals surface area (Å²) in [6.45, 7) is 2.11. The smallest absolute Gasteiger partial charge is 0.357 e. The maximum Gasteiger partial charge on any atom is 0.357 e. The molecule has 0 bridgehead atoms. The average Bonchev–Trinajstić information content (AvgIpc) is 3.12. The van der Waals surface area contributed by atoms with Crippen molar-refractivity contribution in [3.05, 3.63) is 53.6 Å². The number of fused-ring (bicyclic) bond motifs is 1. The van der Waals surface area contributed by atoms with Crippen LogP contribution >= 0.6 is 11.8 Å². The minimum absolute atomic E-state index is 0.00890. The predicted molar refractivity (Wildman–Crippen MR) is 124 cm³/mol. The van der Waals surface area contributed by atoms with E-state index in [4.69, 9.17) is 14.0 Å². The number of anilines is 2. The summed E-state index contributed by atoms with van der Waals surface area (Å²) in [6.07, 6.45) is -0.261. The molecule has 2 aromatic rings. The van der Waals surface area contributed by atoms with Crippen LogP contribution in [0.2, 0.25) is 0 Å². The first-order valence-corrected chi connectivity index (χ1v) is 12.6. The Morgan fingerprint density at radius 2 is 2.00 bits per heavy atom. The van der Waals surface area contributed by atoms with Crippen molar-refractivity contribution in [1.29, 1.82) is 0 Å². The van der Waals surface area contributed by atoms with Gasteiger partial charge in [0.15, 0.2) is 13.0 Å². The van der Waals surface area contributed by atoms with E-state index >= 15 is 0 Å². The van der Waals surface area contributed by atoms with Gasteiger partial charge in [0.1, 0.15) is 5.75 Å². The summed E-state index contributed by atoms with van der Waals surface area (Å²) in [5, 5.41) is -0.401. The molecule has 0 radical (unpaired) electrons. The molecule has 13 heteroatoms. The molecule has 180 valence electrons. The summed E-state index contributed by atoms with van der Waals surface area (Å²) >= 11 is 0.906. The molecule has 1 atom stereocenters. The van der Waals surface area contributed by atoms with E-state index in [0.717, 1.165) is 16.7 Å². The third-order valence-corrected chi connectivity index (χ3v) is 6.35. The number of nitrogens with zero attached hydrogens (tertiary/aromatic N) is 2. The van der Waals surface area contributed by atoms with E-state index in [-0.39, 0.29) is 35.4 Å². The molecule has 34 heavy (non-hydrogen) atoms. The molecule has 0 aliphatic carbocycles. The van der Waals surface area contributed by atoms with Gasteiger partial charge in [-0.25, -0.2) is 4.90 Å². The Morgan fingerprint density at radius 1 is 1.21 bits per heavy atom. The number of amides is 3. The lowest BCUT2D eigenvalue weighted by Crippen LogP contribution is -2.39. The fourth-order valence-corrected chi connectivity index (χ4v) is 4.70. The average molecular weight is 508 g/mol. The lowest BCUT2D eigenvalue weighted by atomic mass is 10.1. The summed E-state index contributed by atoms with van der Waals surface area (Å²) < 4.78 is 44.6. The molecular formula is C21H21N3O8S2. The SMILES string of the molecule is CCCOC(c1cccc(N2COc3ccc(NS(=O)(=O)O)cc3C2=O)c1)N1C(=O)CSC1=O. The molecule has 2 aromatic carbocycles. The topological polar surface area (TPSA) is 143 Å². The Hall–Kier alpha value is -3.13. The van der Waals surface area contributed by atoms with Crippen molar-refractivity contribution in [2.75, 3.05) is 28.7 Å². The maximum atomic E-state index is 13.2. The highest BCUT2D eigenvalue weighted by Crippen LogP contribution is 2.35. The first-order valence-electron chi connectivity index (χ1n) is 10.2. The van der Waals surface area contributed by atoms with Gasteiger partial charge in [-0.1, -0.05) is 30.8 Å². The van der Waals surface area contributed by atoms with E-state index in [2.05, 4.69) is 0 Å². The van der Waals surface area contributed by atoms with Crippen molar-refractivity contribution >= 4 is 50.5 Å². The molecule has 0 aromatic heterocycles. The summed E-state index contributed by atoms with van der Waals surface area (Å²) in [6, 6.07) is 10.7. The van der Waals surface area contributed by atoms with Gasteiger partial charge < -0.3 is 9.47 Å². The zero-order chi connectivity index (χ0) is 24.5. The number of thioether (sulfide) groups is 1. The molecular weight excluding hydrogens is 486 g/mol. The quantitative estimate of drug-likeness (QED) is 0.515. The summed E-state index contributed by atoms with van der Waals surface area (Å²) in [4.78, 5) is 40.2. The Labute approximate surface area is 199 Å². The molecule has 3 amide bonds. The van der Waals surface area contributed by atoms with Gasteiger partial charge in [-0.15, -0.1) is 0 Å². The normalized spacial score (nSPS) is 16.9. The highest BCUT2D eigenvalue weighted by molar-refractivity contribution is 8.14. The number of carbonyl (C=O) groups is 3. The second-order valence-electron chi connectivity index (χ2n) is 7.43. The standard InChI is InChI=1S/C21H21N3O8S2/c1-2-8-31-20(24-18(25)11-33-21(24)27)13-4-3-5-15(9-13)23-12-32-17-7-6-14(22-34(28,29)30)10-16(17)19(23)26/h3-7,9-10,20,22H,2,8,11-12H2,1H3,(H,28,29,30). The first kappa shape index (κ1) is 24.0. The van der Waals surface area contributed by atoms with Gasteiger partial charge in [0.05, 0.1) is 17.0 Å². The molecule has 11 nitrogen and oxygen atoms in total. The largest absolute Gasteiger partial charge is 0.472 e. The van der Waals surface area contributed by atoms with Gasteiger partial charge in [-0.05, 0) is 36.8 Å². The number of benzene rings is 2. The number of rotatable bonds is 8. The highest BCUT2D eigenvalue weighted by Gasteiger charge is 2.38. The second-order valence-corrected chi connectivity index (χ2v) is 9.51. The number of hydrogen-bond donors (Lipinski definition) is 2. The molecule has 1 fully saturated rings. The van der Waals surface area contributed by atoms with Crippen LogP contribution in [0.25, 0.3) is 0 Å². The Balaban J connectivity index is 1.65. The van der Waals surface area contributed by atoms with Gasteiger partial charge in [-0.3, -0.25) is 28.6 Å². The van der Waals surface area contributed by atoms with Gasteiger partial charge in [0.25, 0.3) is 11.1 Å². The van der Waals surface area contributed by atoms with E-state index in [1.165, 1.54) is 23.1 Å². The van der Waals surface area contributed by atoms with Gasteiger partial charge >= 0.3 is 10.3 Å². The Kier molecular flexibility index (Phi) is 6.79. The molecule has 2 heterocycles. The monoisotopic (exact) mass is 507 g/mol. The van der Waals surface area contributed by atoms with Crippen molar-refractivity contribution in [2.24, 2.45) is 0 Å². The second kappa shape index (κ2) is 9.62. The van der Waals surface area contributed by atoms with E-state index in [0.29, 0.717) is 24.3 Å². The first-order chi connectivity index (χ1) is 16.2. The van der Waals surface area contributed by atoms with E-state index < -0.39 is 27.7 Å². The summed E-state index contributed by atoms with van der Waals surface area (Å²) in [7, 11) is -4.52. The molecule has 0 saturated carbocycles. The van der Waals surface area contributed by atoms with Crippen LogP contribution in [0.3, 0.4) is 0 Å². The summed E-state index contributed by atoms with van der Waals surface area (Å²) in [5.41, 5.74) is 1.02. The van der Waals surface area contributed by atoms with Crippen LogP contribution in [-0.2, 0) is 19.8 Å². The maximum absolute atomic E-state index is 13.2. The third-order valence-electron chi connectivity index (χ3n) is 5.02. The van der Waals surface area contributed by atoms with Crippen LogP contribution in [0.5, 0.6) is 5.75 Å². The van der Waals surface area contributed by atoms with E-state index in [9.17, 15) is 22.8 Å². The van der Waals surface area contributed by atoms with Crippen LogP contribution < -0.4 is 14.4 Å². The number of hydrogen-bond acceptors (Lipinski definition) is 8. The third kappa shape index (κ3) is 5.01. The van der Waals surface area contributed by atoms with Gasteiger partial charge in [0, 0.05) is 17.9 Å². The van der Waals surface area contributed by atoms with Crippen molar-refractivity contribution in [2.45, 2.75) is 19.6 Å². The molecule has 2 aliphatic rings. The van der Waals surface area contributed by atoms with Crippen LogP contribution in [0.1, 0.15) is 35.5 Å². The van der Waals surface area contributed by atoms with Gasteiger partial charge in [0.2, 0.25) is 5.91 Å². The van der Waals surface area contributed by atoms with Crippen molar-refractivity contribution in [1.82, 2.24) is 4.90 Å². The zero-order valence-corrected chi connectivity index (χ0v) is 19.6. The van der Waals surface area contributed by atoms with Crippen molar-refractivity contribution < 1.29 is 36.8 Å². The minimum Gasteiger partial charge on any atom is -0.472 e. The molecule has 2 N–H and O–H groups in total. The van der Waals surface area contributed by atoms with Crippen LogP contribution in [0, 0.1) is 0 Å². The molecule has 1 unspecified atom stereocenters. The predicted octanol–water partition coefficient (Wildman–Crippen LogP) is 3.02. The molecule has 0 spiro atoms. The van der Waals surface area contributed by atoms with Gasteiger partial charge in [-0.2, -0.15) is 8.42 Å². The number of ether oxygens (including phenoxy) is 2. The number of nitrogens with one attached hydrogen (secondary N) is 1. The fourth-order valence-electron chi connectivity index (χ4n) is 3.55. The van der Waals surface area contributed by atoms with Crippen molar-refractivity contribution in [3.8, 4) is 5.75 Å². The number of imide groups is 1. The van der Waals surface area contributed by atoms with Crippen LogP contribution in [0.15, 0.2) is 42.5 Å². The van der Waals surface area contributed by atoms with E-state index in [1.54, 1.807) is 24.3 Å².